The Kier molecular flexibility index (Phi) is 9.63. The molecule has 0 atom stereocenters. The smallest absolute Gasteiger partial charge is 0.406 e. The van der Waals surface area contributed by atoms with Gasteiger partial charge in [0.1, 0.15) is 12.4 Å². The lowest BCUT2D eigenvalue weighted by molar-refractivity contribution is -0.677. The minimum atomic E-state index is -6.43. The number of unbranched alkanes of at least 4 members (excludes halogenated alkanes) is 3. The van der Waals surface area contributed by atoms with Crippen LogP contribution in [-0.4, -0.2) is 28.5 Å². The first-order valence-corrected chi connectivity index (χ1v) is 11.1. The van der Waals surface area contributed by atoms with Crippen molar-refractivity contribution in [2.75, 3.05) is 0 Å². The number of nitrogens with zero attached hydrogens (tertiary/aromatic N) is 1. The number of aryl methyl sites for hydroxylation is 2. The van der Waals surface area contributed by atoms with Crippen molar-refractivity contribution >= 4 is 21.9 Å². The first-order valence-electron chi connectivity index (χ1n) is 8.89. The highest BCUT2D eigenvalue weighted by Crippen LogP contribution is 2.48. The Hall–Kier alpha value is -1.59. The van der Waals surface area contributed by atoms with E-state index in [1.54, 1.807) is 0 Å². The highest BCUT2D eigenvalue weighted by Gasteiger charge is 2.62. The molecule has 0 aliphatic heterocycles. The third-order valence-electron chi connectivity index (χ3n) is 3.88. The Morgan fingerprint density at radius 3 is 2.21 bits per heavy atom. The summed E-state index contributed by atoms with van der Waals surface area (Å²) in [7, 11) is -4.35. The monoisotopic (exact) mass is 456 g/mol. The molecule has 0 amide bonds. The number of thioether (sulfide) groups is 1. The molecule has 164 valence electrons. The summed E-state index contributed by atoms with van der Waals surface area (Å²) in [6.07, 6.45) is 10.6. The molecule has 0 aliphatic rings. The lowest BCUT2D eigenvalue weighted by Crippen LogP contribution is -2.44. The quantitative estimate of drug-likeness (QED) is 0.199. The second kappa shape index (κ2) is 11.0. The molecule has 0 spiro atoms. The molecule has 29 heavy (non-hydrogen) atoms. The van der Waals surface area contributed by atoms with Gasteiger partial charge in [-0.15, -0.1) is 0 Å². The van der Waals surface area contributed by atoms with Crippen molar-refractivity contribution in [2.24, 2.45) is 7.05 Å². The number of hydrogen-bond donors (Lipinski definition) is 1. The average Bonchev–Trinajstić information content (AvgIpc) is 3.04. The van der Waals surface area contributed by atoms with Gasteiger partial charge in [0.15, 0.2) is 10.1 Å². The largest absolute Gasteiger partial charge is 0.743 e. The number of nitrogens with one attached hydrogen (secondary N) is 1. The third kappa shape index (κ3) is 7.63. The molecule has 11 heteroatoms. The van der Waals surface area contributed by atoms with E-state index in [-0.39, 0.29) is 4.90 Å². The Labute approximate surface area is 172 Å². The van der Waals surface area contributed by atoms with Crippen LogP contribution >= 0.6 is 11.8 Å². The Bertz CT molecular complexity index is 844. The molecule has 1 N–H and O–H groups in total. The molecule has 1 aromatic heterocycles. The summed E-state index contributed by atoms with van der Waals surface area (Å²) in [5.41, 5.74) is 0. The topological polar surface area (TPSA) is 76.9 Å². The molecule has 0 saturated carbocycles. The highest BCUT2D eigenvalue weighted by atomic mass is 32.2. The molecule has 2 aromatic rings. The average molecular weight is 457 g/mol. The molecule has 5 nitrogen and oxygen atoms in total. The predicted octanol–water partition coefficient (Wildman–Crippen LogP) is 4.47. The van der Waals surface area contributed by atoms with Gasteiger partial charge < -0.3 is 4.55 Å². The zero-order valence-electron chi connectivity index (χ0n) is 16.1. The van der Waals surface area contributed by atoms with E-state index < -0.39 is 32.4 Å². The summed E-state index contributed by atoms with van der Waals surface area (Å²) < 4.78 is 83.9. The lowest BCUT2D eigenvalue weighted by Gasteiger charge is -2.27. The summed E-state index contributed by atoms with van der Waals surface area (Å²) in [5.74, 6) is 1.34. The van der Waals surface area contributed by atoms with Crippen LogP contribution in [0.3, 0.4) is 0 Å². The molecular formula is C18H24F4N2O3S2. The van der Waals surface area contributed by atoms with E-state index in [0.717, 1.165) is 12.1 Å². The van der Waals surface area contributed by atoms with Gasteiger partial charge in [-0.2, -0.15) is 17.6 Å². The van der Waals surface area contributed by atoms with E-state index in [9.17, 15) is 30.5 Å². The number of halogens is 4. The summed E-state index contributed by atoms with van der Waals surface area (Å²) >= 11 is -0.683. The molecule has 0 fully saturated rings. The van der Waals surface area contributed by atoms with E-state index in [4.69, 9.17) is 0 Å². The standard InChI is InChI=1S/C10H18N2.C8H6F4O3S2/c1-3-4-5-6-7-10-11-8-9-12(10)2;9-7(10,8(11,12)17(13,14)15)16-6-4-2-1-3-5-6/h8-9H,3-7H2,1-2H3;1-5H,(H,13,14,15). The van der Waals surface area contributed by atoms with Gasteiger partial charge in [0, 0.05) is 11.3 Å². The Morgan fingerprint density at radius 1 is 1.10 bits per heavy atom. The molecule has 0 saturated heterocycles. The number of benzene rings is 1. The lowest BCUT2D eigenvalue weighted by atomic mass is 10.1. The van der Waals surface area contributed by atoms with Crippen molar-refractivity contribution in [1.29, 1.82) is 0 Å². The predicted molar refractivity (Wildman–Crippen MR) is 102 cm³/mol. The van der Waals surface area contributed by atoms with Crippen molar-refractivity contribution in [2.45, 2.75) is 54.4 Å². The van der Waals surface area contributed by atoms with Crippen molar-refractivity contribution in [3.8, 4) is 0 Å². The fourth-order valence-corrected chi connectivity index (χ4v) is 3.68. The zero-order chi connectivity index (χ0) is 22.1. The van der Waals surface area contributed by atoms with Crippen LogP contribution in [0.1, 0.15) is 38.4 Å². The summed E-state index contributed by atoms with van der Waals surface area (Å²) in [5, 5.41) is -10.7. The SMILES string of the molecule is CCCCCCc1[nH]cc[n+]1C.O=S(=O)([O-])C(F)(F)C(F)(F)Sc1ccccc1. The van der Waals surface area contributed by atoms with Crippen molar-refractivity contribution in [3.05, 3.63) is 48.5 Å². The van der Waals surface area contributed by atoms with Crippen LogP contribution in [0.5, 0.6) is 0 Å². The zero-order valence-corrected chi connectivity index (χ0v) is 17.7. The van der Waals surface area contributed by atoms with Gasteiger partial charge in [-0.05, 0) is 30.3 Å². The second-order valence-corrected chi connectivity index (χ2v) is 8.84. The molecule has 2 rings (SSSR count). The maximum atomic E-state index is 13.0. The van der Waals surface area contributed by atoms with Crippen LogP contribution in [0.15, 0.2) is 47.6 Å². The maximum absolute atomic E-state index is 13.0. The third-order valence-corrected chi connectivity index (χ3v) is 5.92. The molecule has 0 aliphatic carbocycles. The number of aromatic amines is 1. The van der Waals surface area contributed by atoms with Crippen LogP contribution in [0.2, 0.25) is 0 Å². The van der Waals surface area contributed by atoms with Gasteiger partial charge in [0.05, 0.1) is 7.05 Å². The summed E-state index contributed by atoms with van der Waals surface area (Å²) in [6.45, 7) is 2.24. The normalized spacial score (nSPS) is 12.4. The van der Waals surface area contributed by atoms with Gasteiger partial charge in [0.25, 0.3) is 5.82 Å². The van der Waals surface area contributed by atoms with Gasteiger partial charge in [-0.3, -0.25) is 0 Å². The van der Waals surface area contributed by atoms with Crippen molar-refractivity contribution in [1.82, 2.24) is 4.98 Å². The minimum absolute atomic E-state index is 0.277. The maximum Gasteiger partial charge on any atom is 0.406 e. The van der Waals surface area contributed by atoms with Crippen LogP contribution in [0.4, 0.5) is 17.6 Å². The fraction of sp³-hybridized carbons (Fsp3) is 0.500. The minimum Gasteiger partial charge on any atom is -0.743 e. The molecule has 0 bridgehead atoms. The Morgan fingerprint density at radius 2 is 1.72 bits per heavy atom. The van der Waals surface area contributed by atoms with E-state index in [1.165, 1.54) is 56.1 Å². The van der Waals surface area contributed by atoms with E-state index >= 15 is 0 Å². The molecule has 1 heterocycles. The first-order chi connectivity index (χ1) is 13.4. The Balaban J connectivity index is 0.000000308. The number of aromatic nitrogens is 2. The van der Waals surface area contributed by atoms with E-state index in [2.05, 4.69) is 29.7 Å². The van der Waals surface area contributed by atoms with Crippen molar-refractivity contribution < 1.29 is 35.1 Å². The number of hydrogen-bond acceptors (Lipinski definition) is 4. The van der Waals surface area contributed by atoms with Gasteiger partial charge in [-0.1, -0.05) is 44.4 Å². The number of alkyl halides is 4. The fourth-order valence-electron chi connectivity index (χ4n) is 2.25. The number of imidazole rings is 1. The number of H-pyrrole nitrogens is 1. The summed E-state index contributed by atoms with van der Waals surface area (Å²) in [6, 6.07) is 6.26. The van der Waals surface area contributed by atoms with Crippen LogP contribution in [-0.2, 0) is 23.6 Å². The first kappa shape index (κ1) is 25.4. The number of rotatable bonds is 9. The summed E-state index contributed by atoms with van der Waals surface area (Å²) in [4.78, 5) is 2.97. The van der Waals surface area contributed by atoms with Gasteiger partial charge in [0.2, 0.25) is 0 Å². The molecule has 1 aromatic carbocycles. The van der Waals surface area contributed by atoms with E-state index in [1.807, 2.05) is 6.20 Å². The van der Waals surface area contributed by atoms with Crippen LogP contribution in [0.25, 0.3) is 0 Å². The molecular weight excluding hydrogens is 432 g/mol. The van der Waals surface area contributed by atoms with Crippen molar-refractivity contribution in [3.63, 3.8) is 0 Å². The second-order valence-electron chi connectivity index (χ2n) is 6.23. The molecule has 0 radical (unpaired) electrons. The van der Waals surface area contributed by atoms with Gasteiger partial charge >= 0.3 is 10.5 Å². The van der Waals surface area contributed by atoms with E-state index in [0.29, 0.717) is 0 Å². The molecule has 0 unspecified atom stereocenters. The van der Waals surface area contributed by atoms with Crippen LogP contribution in [0, 0.1) is 0 Å². The highest BCUT2D eigenvalue weighted by molar-refractivity contribution is 8.01. The van der Waals surface area contributed by atoms with Crippen LogP contribution < -0.4 is 4.57 Å². The van der Waals surface area contributed by atoms with Gasteiger partial charge in [-0.25, -0.2) is 18.0 Å².